The molecule has 1 aliphatic carbocycles. The minimum atomic E-state index is -0.911. The van der Waals surface area contributed by atoms with Crippen LogP contribution in [0, 0.1) is 5.92 Å². The molecule has 0 aromatic heterocycles. The maximum atomic E-state index is 11.3. The second-order valence-electron chi connectivity index (χ2n) is 7.02. The zero-order valence-corrected chi connectivity index (χ0v) is 15.4. The summed E-state index contributed by atoms with van der Waals surface area (Å²) in [6.45, 7) is -0.120. The van der Waals surface area contributed by atoms with E-state index in [1.165, 1.54) is 7.11 Å². The van der Waals surface area contributed by atoms with Crippen LogP contribution in [-0.2, 0) is 9.53 Å². The van der Waals surface area contributed by atoms with E-state index in [1.54, 1.807) is 12.1 Å². The number of aromatic carboxylic acids is 1. The van der Waals surface area contributed by atoms with Crippen LogP contribution in [0.15, 0.2) is 54.6 Å². The summed E-state index contributed by atoms with van der Waals surface area (Å²) >= 11 is 0. The largest absolute Gasteiger partial charge is 0.482 e. The molecular formula is C22H21NO5. The Kier molecular flexibility index (Phi) is 4.77. The molecule has 2 aliphatic rings. The molecule has 0 fully saturated rings. The molecule has 0 spiro atoms. The summed E-state index contributed by atoms with van der Waals surface area (Å²) in [5, 5.41) is 12.9. The first-order chi connectivity index (χ1) is 13.6. The number of carboxylic acid groups (broad SMARTS) is 1. The number of anilines is 1. The Morgan fingerprint density at radius 1 is 1.18 bits per heavy atom. The van der Waals surface area contributed by atoms with Gasteiger partial charge < -0.3 is 19.9 Å². The summed E-state index contributed by atoms with van der Waals surface area (Å²) in [7, 11) is 1.33. The van der Waals surface area contributed by atoms with E-state index in [2.05, 4.69) is 22.2 Å². The first kappa shape index (κ1) is 18.1. The van der Waals surface area contributed by atoms with Crippen molar-refractivity contribution in [1.29, 1.82) is 0 Å². The van der Waals surface area contributed by atoms with Gasteiger partial charge in [0.05, 0.1) is 18.7 Å². The summed E-state index contributed by atoms with van der Waals surface area (Å²) in [5.41, 5.74) is 3.43. The van der Waals surface area contributed by atoms with Gasteiger partial charge in [0.25, 0.3) is 0 Å². The summed E-state index contributed by atoms with van der Waals surface area (Å²) in [6.07, 6.45) is 5.27. The van der Waals surface area contributed by atoms with Crippen LogP contribution in [0.3, 0.4) is 0 Å². The molecule has 2 aromatic carbocycles. The van der Waals surface area contributed by atoms with E-state index in [9.17, 15) is 14.7 Å². The third-order valence-corrected chi connectivity index (χ3v) is 5.43. The Labute approximate surface area is 162 Å². The van der Waals surface area contributed by atoms with Gasteiger partial charge in [0.15, 0.2) is 6.61 Å². The number of ether oxygens (including phenoxy) is 2. The SMILES string of the molecule is COC(=O)COc1ccc(C2Nc3ccc(C(=O)O)cc3C3C=CCC32)cc1. The van der Waals surface area contributed by atoms with Gasteiger partial charge in [-0.15, -0.1) is 0 Å². The van der Waals surface area contributed by atoms with Crippen LogP contribution in [-0.4, -0.2) is 30.8 Å². The van der Waals surface area contributed by atoms with Crippen molar-refractivity contribution in [2.24, 2.45) is 5.92 Å². The topological polar surface area (TPSA) is 84.9 Å². The molecule has 0 radical (unpaired) electrons. The van der Waals surface area contributed by atoms with Gasteiger partial charge in [0.1, 0.15) is 5.75 Å². The highest BCUT2D eigenvalue weighted by molar-refractivity contribution is 5.89. The molecule has 2 N–H and O–H groups in total. The molecule has 1 heterocycles. The van der Waals surface area contributed by atoms with Gasteiger partial charge in [0.2, 0.25) is 0 Å². The highest BCUT2D eigenvalue weighted by Gasteiger charge is 2.38. The number of carbonyl (C=O) groups excluding carboxylic acids is 1. The van der Waals surface area contributed by atoms with Crippen LogP contribution in [0.25, 0.3) is 0 Å². The maximum Gasteiger partial charge on any atom is 0.343 e. The van der Waals surface area contributed by atoms with Gasteiger partial charge >= 0.3 is 11.9 Å². The highest BCUT2D eigenvalue weighted by Crippen LogP contribution is 2.50. The number of rotatable bonds is 5. The maximum absolute atomic E-state index is 11.3. The first-order valence-corrected chi connectivity index (χ1v) is 9.17. The van der Waals surface area contributed by atoms with E-state index in [0.717, 1.165) is 23.2 Å². The summed E-state index contributed by atoms with van der Waals surface area (Å²) in [5.74, 6) is -0.215. The molecule has 3 unspecified atom stereocenters. The molecule has 1 aliphatic heterocycles. The average molecular weight is 379 g/mol. The van der Waals surface area contributed by atoms with Crippen LogP contribution >= 0.6 is 0 Å². The number of carboxylic acids is 1. The molecule has 0 bridgehead atoms. The average Bonchev–Trinajstić information content (AvgIpc) is 3.21. The summed E-state index contributed by atoms with van der Waals surface area (Å²) in [6, 6.07) is 13.1. The number of fused-ring (bicyclic) bond motifs is 3. The molecule has 0 saturated carbocycles. The molecule has 6 heteroatoms. The van der Waals surface area contributed by atoms with Gasteiger partial charge in [-0.3, -0.25) is 0 Å². The van der Waals surface area contributed by atoms with Gasteiger partial charge in [-0.1, -0.05) is 24.3 Å². The van der Waals surface area contributed by atoms with Crippen molar-refractivity contribution in [2.45, 2.75) is 18.4 Å². The lowest BCUT2D eigenvalue weighted by Gasteiger charge is -2.37. The Bertz CT molecular complexity index is 934. The van der Waals surface area contributed by atoms with Crippen LogP contribution in [0.1, 0.15) is 39.9 Å². The number of methoxy groups -OCH3 is 1. The Hall–Kier alpha value is -3.28. The van der Waals surface area contributed by atoms with Gasteiger partial charge in [-0.25, -0.2) is 9.59 Å². The number of hydrogen-bond donors (Lipinski definition) is 2. The van der Waals surface area contributed by atoms with Crippen LogP contribution in [0.4, 0.5) is 5.69 Å². The third-order valence-electron chi connectivity index (χ3n) is 5.43. The van der Waals surface area contributed by atoms with E-state index < -0.39 is 11.9 Å². The molecule has 6 nitrogen and oxygen atoms in total. The van der Waals surface area contributed by atoms with E-state index in [1.807, 2.05) is 30.3 Å². The monoisotopic (exact) mass is 379 g/mol. The Morgan fingerprint density at radius 3 is 2.68 bits per heavy atom. The van der Waals surface area contributed by atoms with Crippen molar-refractivity contribution in [3.63, 3.8) is 0 Å². The zero-order valence-electron chi connectivity index (χ0n) is 15.4. The number of benzene rings is 2. The lowest BCUT2D eigenvalue weighted by molar-refractivity contribution is -0.142. The van der Waals surface area contributed by atoms with Gasteiger partial charge in [-0.2, -0.15) is 0 Å². The molecule has 144 valence electrons. The van der Waals surface area contributed by atoms with Crippen LogP contribution in [0.2, 0.25) is 0 Å². The van der Waals surface area contributed by atoms with Crippen molar-refractivity contribution in [2.75, 3.05) is 19.0 Å². The van der Waals surface area contributed by atoms with Crippen molar-refractivity contribution >= 4 is 17.6 Å². The van der Waals surface area contributed by atoms with Gasteiger partial charge in [-0.05, 0) is 53.8 Å². The quantitative estimate of drug-likeness (QED) is 0.608. The fraction of sp³-hybridized carbons (Fsp3) is 0.273. The van der Waals surface area contributed by atoms with E-state index >= 15 is 0 Å². The van der Waals surface area contributed by atoms with Crippen molar-refractivity contribution in [3.8, 4) is 5.75 Å². The van der Waals surface area contributed by atoms with E-state index in [4.69, 9.17) is 4.74 Å². The predicted octanol–water partition coefficient (Wildman–Crippen LogP) is 3.76. The molecule has 3 atom stereocenters. The van der Waals surface area contributed by atoms with Crippen molar-refractivity contribution in [3.05, 3.63) is 71.3 Å². The molecule has 4 rings (SSSR count). The standard InChI is InChI=1S/C22H21NO5/c1-27-20(24)12-28-15-8-5-13(6-9-15)21-17-4-2-3-16(17)18-11-14(22(25)26)7-10-19(18)23-21/h2-3,5-11,16-17,21,23H,4,12H2,1H3,(H,25,26). The Morgan fingerprint density at radius 2 is 1.96 bits per heavy atom. The minimum Gasteiger partial charge on any atom is -0.482 e. The van der Waals surface area contributed by atoms with Crippen LogP contribution < -0.4 is 10.1 Å². The molecule has 0 amide bonds. The van der Waals surface area contributed by atoms with Crippen molar-refractivity contribution < 1.29 is 24.2 Å². The fourth-order valence-electron chi connectivity index (χ4n) is 4.03. The number of esters is 1. The number of hydrogen-bond acceptors (Lipinski definition) is 5. The Balaban J connectivity index is 1.58. The zero-order chi connectivity index (χ0) is 19.7. The first-order valence-electron chi connectivity index (χ1n) is 9.17. The molecule has 0 saturated heterocycles. The molecule has 2 aromatic rings. The lowest BCUT2D eigenvalue weighted by atomic mass is 9.76. The second kappa shape index (κ2) is 7.38. The summed E-state index contributed by atoms with van der Waals surface area (Å²) < 4.78 is 9.99. The normalized spacial score (nSPS) is 22.0. The lowest BCUT2D eigenvalue weighted by Crippen LogP contribution is -2.29. The van der Waals surface area contributed by atoms with E-state index in [0.29, 0.717) is 17.2 Å². The van der Waals surface area contributed by atoms with E-state index in [-0.39, 0.29) is 18.6 Å². The predicted molar refractivity (Wildman–Crippen MR) is 104 cm³/mol. The second-order valence-corrected chi connectivity index (χ2v) is 7.02. The van der Waals surface area contributed by atoms with Gasteiger partial charge in [0, 0.05) is 11.6 Å². The molecular weight excluding hydrogens is 358 g/mol. The highest BCUT2D eigenvalue weighted by atomic mass is 16.6. The molecule has 28 heavy (non-hydrogen) atoms. The minimum absolute atomic E-state index is 0.109. The van der Waals surface area contributed by atoms with Crippen LogP contribution in [0.5, 0.6) is 5.75 Å². The third kappa shape index (κ3) is 3.33. The fourth-order valence-corrected chi connectivity index (χ4v) is 4.03. The number of allylic oxidation sites excluding steroid dienone is 2. The van der Waals surface area contributed by atoms with Crippen molar-refractivity contribution in [1.82, 2.24) is 0 Å². The number of carbonyl (C=O) groups is 2. The number of nitrogens with one attached hydrogen (secondary N) is 1. The summed E-state index contributed by atoms with van der Waals surface area (Å²) in [4.78, 5) is 22.5. The smallest absolute Gasteiger partial charge is 0.343 e.